The number of hydrogen-bond acceptors (Lipinski definition) is 5. The van der Waals surface area contributed by atoms with Gasteiger partial charge in [0, 0.05) is 44.8 Å². The maximum atomic E-state index is 6.86. The van der Waals surface area contributed by atoms with E-state index in [-0.39, 0.29) is 18.1 Å². The molecule has 7 aliphatic heterocycles. The van der Waals surface area contributed by atoms with Crippen LogP contribution in [0.1, 0.15) is 0 Å². The molecule has 10 heteroatoms. The summed E-state index contributed by atoms with van der Waals surface area (Å²) in [6.45, 7) is -0.0207. The van der Waals surface area contributed by atoms with Crippen molar-refractivity contribution in [1.82, 2.24) is 14.7 Å². The molecule has 0 radical (unpaired) electrons. The molecule has 0 amide bonds. The second kappa shape index (κ2) is 5.79. The van der Waals surface area contributed by atoms with Gasteiger partial charge in [-0.15, -0.1) is 0 Å². The van der Waals surface area contributed by atoms with Crippen LogP contribution >= 0.6 is 0 Å². The lowest BCUT2D eigenvalue weighted by atomic mass is 9.37. The van der Waals surface area contributed by atoms with E-state index in [9.17, 15) is 0 Å². The van der Waals surface area contributed by atoms with E-state index in [0.29, 0.717) is 0 Å². The Bertz CT molecular complexity index is 2280. The molecule has 4 aromatic heterocycles. The standard InChI is InChI=1S/C32H14B2N5O3/c1-3-15-27-23-19(9-11-35-27)40-17-5-7-21-29-25(17)33(23)31(15)37(13-1)39(29)30-22(42-21)8-6-18-26(30)34-24-20(41-18)10-12-36-28(24)16-4-2-14-38(39)32(16)34/h1-14H/q+3. The number of quaternary nitrogens is 1. The summed E-state index contributed by atoms with van der Waals surface area (Å²) in [5, 5.41) is 0. The highest BCUT2D eigenvalue weighted by Gasteiger charge is 2.76. The lowest BCUT2D eigenvalue weighted by Gasteiger charge is -2.40. The Morgan fingerprint density at radius 3 is 1.50 bits per heavy atom. The summed E-state index contributed by atoms with van der Waals surface area (Å²) in [5.41, 5.74) is 13.3. The summed E-state index contributed by atoms with van der Waals surface area (Å²) in [6.07, 6.45) is 8.15. The number of fused-ring (bicyclic) bond motifs is 2. The Kier molecular flexibility index (Phi) is 2.70. The van der Waals surface area contributed by atoms with E-state index in [0.717, 1.165) is 90.2 Å². The Balaban J connectivity index is 1.32. The van der Waals surface area contributed by atoms with Crippen molar-refractivity contribution in [1.29, 1.82) is 0 Å². The van der Waals surface area contributed by atoms with Crippen molar-refractivity contribution in [2.24, 2.45) is 0 Å². The molecule has 0 fully saturated rings. The molecule has 0 saturated heterocycles. The zero-order valence-corrected chi connectivity index (χ0v) is 21.7. The van der Waals surface area contributed by atoms with Crippen molar-refractivity contribution in [2.45, 2.75) is 0 Å². The van der Waals surface area contributed by atoms with Gasteiger partial charge in [-0.05, 0) is 48.5 Å². The van der Waals surface area contributed by atoms with Crippen LogP contribution in [0, 0.1) is 0 Å². The molecule has 1 spiro atoms. The molecule has 11 heterocycles. The van der Waals surface area contributed by atoms with Crippen molar-refractivity contribution < 1.29 is 23.6 Å². The van der Waals surface area contributed by atoms with Crippen molar-refractivity contribution in [2.75, 3.05) is 0 Å². The summed E-state index contributed by atoms with van der Waals surface area (Å²) in [7, 11) is 0. The van der Waals surface area contributed by atoms with E-state index in [1.807, 2.05) is 24.5 Å². The third kappa shape index (κ3) is 1.67. The maximum absolute atomic E-state index is 6.86. The van der Waals surface area contributed by atoms with E-state index in [4.69, 9.17) is 24.2 Å². The first-order chi connectivity index (χ1) is 20.8. The molecule has 0 saturated carbocycles. The number of ether oxygens (including phenoxy) is 3. The highest BCUT2D eigenvalue weighted by molar-refractivity contribution is 7.01. The largest absolute Gasteiger partial charge is 0.458 e. The van der Waals surface area contributed by atoms with Gasteiger partial charge in [0.25, 0.3) is 0 Å². The highest BCUT2D eigenvalue weighted by Crippen LogP contribution is 2.54. The Morgan fingerprint density at radius 1 is 0.524 bits per heavy atom. The van der Waals surface area contributed by atoms with Crippen molar-refractivity contribution in [3.8, 4) is 57.0 Å². The molecule has 6 aromatic rings. The van der Waals surface area contributed by atoms with Gasteiger partial charge in [-0.1, -0.05) is 0 Å². The van der Waals surface area contributed by atoms with Gasteiger partial charge in [0.1, 0.15) is 23.0 Å². The predicted octanol–water partition coefficient (Wildman–Crippen LogP) is 0.554. The number of aromatic nitrogens is 4. The molecule has 8 nitrogen and oxygen atoms in total. The van der Waals surface area contributed by atoms with Gasteiger partial charge in [-0.25, -0.2) is 0 Å². The molecule has 0 N–H and O–H groups in total. The van der Waals surface area contributed by atoms with Crippen LogP contribution in [0.3, 0.4) is 0 Å². The number of pyridine rings is 4. The quantitative estimate of drug-likeness (QED) is 0.161. The first-order valence-electron chi connectivity index (χ1n) is 14.2. The highest BCUT2D eigenvalue weighted by atomic mass is 16.5. The monoisotopic (exact) mass is 538 g/mol. The number of rotatable bonds is 0. The molecule has 2 aromatic carbocycles. The third-order valence-corrected chi connectivity index (χ3v) is 10.3. The summed E-state index contributed by atoms with van der Waals surface area (Å²) >= 11 is 0. The maximum Gasteiger partial charge on any atom is 0.353 e. The van der Waals surface area contributed by atoms with Crippen LogP contribution in [0.15, 0.2) is 85.5 Å². The van der Waals surface area contributed by atoms with Crippen LogP contribution in [-0.2, 0) is 0 Å². The summed E-state index contributed by atoms with van der Waals surface area (Å²) in [4.78, 5) is 9.81. The van der Waals surface area contributed by atoms with E-state index >= 15 is 0 Å². The Labute approximate surface area is 238 Å². The van der Waals surface area contributed by atoms with E-state index in [1.165, 1.54) is 11.2 Å². The number of benzene rings is 2. The number of hydrogen-bond donors (Lipinski definition) is 0. The van der Waals surface area contributed by atoms with Crippen molar-refractivity contribution in [3.05, 3.63) is 85.5 Å². The molecular formula is C32H14B2N5O3+3. The summed E-state index contributed by atoms with van der Waals surface area (Å²) in [6, 6.07) is 20.9. The van der Waals surface area contributed by atoms with Crippen LogP contribution in [0.2, 0.25) is 0 Å². The molecule has 0 bridgehead atoms. The zero-order valence-electron chi connectivity index (χ0n) is 21.7. The van der Waals surface area contributed by atoms with Gasteiger partial charge >= 0.3 is 24.8 Å². The fraction of sp³-hybridized carbons (Fsp3) is 0. The normalized spacial score (nSPS) is 16.8. The van der Waals surface area contributed by atoms with Crippen LogP contribution in [0.4, 0.5) is 11.4 Å². The van der Waals surface area contributed by atoms with Crippen LogP contribution in [-0.4, -0.2) is 23.4 Å². The fourth-order valence-electron chi connectivity index (χ4n) is 9.10. The fourth-order valence-corrected chi connectivity index (χ4v) is 9.10. The van der Waals surface area contributed by atoms with E-state index in [1.54, 1.807) is 0 Å². The first kappa shape index (κ1) is 19.6. The minimum absolute atomic E-state index is 0.0103. The Morgan fingerprint density at radius 2 is 0.976 bits per heavy atom. The average Bonchev–Trinajstić information content (AvgIpc) is 3.56. The Hall–Kier alpha value is -5.47. The minimum Gasteiger partial charge on any atom is -0.458 e. The molecule has 0 atom stereocenters. The third-order valence-electron chi connectivity index (χ3n) is 10.3. The molecule has 0 aliphatic carbocycles. The van der Waals surface area contributed by atoms with Gasteiger partial charge < -0.3 is 14.2 Å². The lowest BCUT2D eigenvalue weighted by molar-refractivity contribution is -1.03. The van der Waals surface area contributed by atoms with Gasteiger partial charge in [0.05, 0.1) is 33.4 Å². The van der Waals surface area contributed by atoms with Crippen LogP contribution in [0.5, 0.6) is 34.5 Å². The van der Waals surface area contributed by atoms with Crippen molar-refractivity contribution in [3.63, 3.8) is 0 Å². The first-order valence-corrected chi connectivity index (χ1v) is 14.2. The van der Waals surface area contributed by atoms with Crippen molar-refractivity contribution >= 4 is 57.8 Å². The molecule has 0 unspecified atom stereocenters. The average molecular weight is 538 g/mol. The van der Waals surface area contributed by atoms with Gasteiger partial charge in [-0.2, -0.15) is 0 Å². The summed E-state index contributed by atoms with van der Waals surface area (Å²) < 4.78 is 25.4. The van der Waals surface area contributed by atoms with E-state index in [2.05, 4.69) is 70.3 Å². The topological polar surface area (TPSA) is 61.2 Å². The van der Waals surface area contributed by atoms with Gasteiger partial charge in [0.2, 0.25) is 35.1 Å². The number of nitrogens with zero attached hydrogens (tertiary/aromatic N) is 5. The second-order valence-electron chi connectivity index (χ2n) is 11.9. The van der Waals surface area contributed by atoms with Gasteiger partial charge in [0.15, 0.2) is 4.70 Å². The molecule has 7 aliphatic rings. The SMILES string of the molecule is c1cc2c3[n+](c1)[N+]14c5c(ccc6c5B3c3c(ccnc3-2)O6)Oc2ccc3c(c21)B1c2c(ccnc2-c2ccc[n+]4c21)O3. The smallest absolute Gasteiger partial charge is 0.353 e. The van der Waals surface area contributed by atoms with Gasteiger partial charge in [-0.3, -0.25) is 9.97 Å². The predicted molar refractivity (Wildman–Crippen MR) is 154 cm³/mol. The molecule has 42 heavy (non-hydrogen) atoms. The zero-order chi connectivity index (χ0) is 26.6. The second-order valence-corrected chi connectivity index (χ2v) is 11.9. The van der Waals surface area contributed by atoms with Crippen LogP contribution in [0.25, 0.3) is 22.5 Å². The lowest BCUT2D eigenvalue weighted by Crippen LogP contribution is -2.98. The molecular weight excluding hydrogens is 524 g/mol. The molecule has 13 rings (SSSR count). The summed E-state index contributed by atoms with van der Waals surface area (Å²) in [5.74, 6) is 5.11. The van der Waals surface area contributed by atoms with Crippen LogP contribution < -0.4 is 61.3 Å². The van der Waals surface area contributed by atoms with E-state index < -0.39 is 0 Å². The minimum atomic E-state index is -0.0103. The molecule has 188 valence electrons.